The second-order valence-corrected chi connectivity index (χ2v) is 9.90. The predicted octanol–water partition coefficient (Wildman–Crippen LogP) is 1.80. The molecule has 1 aromatic carbocycles. The van der Waals surface area contributed by atoms with Gasteiger partial charge in [-0.3, -0.25) is 0 Å². The van der Waals surface area contributed by atoms with E-state index in [1.165, 1.54) is 11.8 Å². The lowest BCUT2D eigenvalue weighted by molar-refractivity contribution is -0.270. The van der Waals surface area contributed by atoms with Crippen molar-refractivity contribution in [1.82, 2.24) is 19.1 Å². The molecule has 1 unspecified atom stereocenters. The van der Waals surface area contributed by atoms with Crippen molar-refractivity contribution < 1.29 is 53.8 Å². The van der Waals surface area contributed by atoms with E-state index in [4.69, 9.17) is 0 Å². The number of hydrogen-bond donors (Lipinski definition) is 1. The second kappa shape index (κ2) is 9.39. The van der Waals surface area contributed by atoms with Crippen LogP contribution in [0, 0.1) is 5.82 Å². The summed E-state index contributed by atoms with van der Waals surface area (Å²) in [6.07, 6.45) is -10.6. The Morgan fingerprint density at radius 1 is 1.16 bits per heavy atom. The summed E-state index contributed by atoms with van der Waals surface area (Å²) in [6, 6.07) is 0.998. The van der Waals surface area contributed by atoms with Crippen LogP contribution in [0.3, 0.4) is 0 Å². The highest BCUT2D eigenvalue weighted by Crippen LogP contribution is 2.40. The molecule has 0 saturated carbocycles. The zero-order valence-electron chi connectivity index (χ0n) is 19.3. The Balaban J connectivity index is 1.94. The maximum Gasteiger partial charge on any atom is 0.435 e. The van der Waals surface area contributed by atoms with E-state index in [-0.39, 0.29) is 23.5 Å². The van der Waals surface area contributed by atoms with Crippen LogP contribution >= 0.6 is 0 Å². The van der Waals surface area contributed by atoms with E-state index in [0.29, 0.717) is 13.2 Å². The quantitative estimate of drug-likeness (QED) is 0.433. The number of benzene rings is 1. The molecule has 0 spiro atoms. The van der Waals surface area contributed by atoms with E-state index in [0.717, 1.165) is 23.5 Å². The number of anilines is 1. The van der Waals surface area contributed by atoms with Crippen LogP contribution in [-0.2, 0) is 38.4 Å². The average Bonchev–Trinajstić information content (AvgIpc) is 3.19. The molecule has 1 N–H and O–H groups in total. The molecule has 0 amide bonds. The Kier molecular flexibility index (Phi) is 7.25. The van der Waals surface area contributed by atoms with Crippen molar-refractivity contribution in [3.63, 3.8) is 0 Å². The van der Waals surface area contributed by atoms with Gasteiger partial charge < -0.3 is 14.7 Å². The summed E-state index contributed by atoms with van der Waals surface area (Å²) < 4.78 is 126. The van der Waals surface area contributed by atoms with Gasteiger partial charge in [0, 0.05) is 38.4 Å². The molecular weight excluding hydrogens is 543 g/mol. The molecule has 2 atom stereocenters. The van der Waals surface area contributed by atoms with E-state index in [1.807, 2.05) is 0 Å². The van der Waals surface area contributed by atoms with Crippen molar-refractivity contribution in [2.45, 2.75) is 36.1 Å². The van der Waals surface area contributed by atoms with Crippen molar-refractivity contribution in [3.8, 4) is 0 Å². The Morgan fingerprint density at radius 3 is 2.30 bits per heavy atom. The number of ether oxygens (including phenoxy) is 1. The molecule has 2 heterocycles. The first-order chi connectivity index (χ1) is 16.9. The maximum absolute atomic E-state index is 13.6. The fraction of sp³-hybridized carbons (Fsp3) is 0.526. The molecule has 18 heteroatoms. The van der Waals surface area contributed by atoms with E-state index in [9.17, 15) is 49.1 Å². The summed E-state index contributed by atoms with van der Waals surface area (Å²) in [4.78, 5) is 16.3. The number of aliphatic hydroxyl groups is 1. The SMILES string of the molecule is COC(=O)C(O)(c1nc(S(=O)(=O)N2CCN(c3ccc(F)cc3C(F)(F)F)C[C@H]2C)nn1C)C(F)(F)F. The second-order valence-electron chi connectivity index (χ2n) is 8.11. The highest BCUT2D eigenvalue weighted by molar-refractivity contribution is 7.89. The van der Waals surface area contributed by atoms with Gasteiger partial charge in [-0.2, -0.15) is 35.6 Å². The Bertz CT molecular complexity index is 1300. The summed E-state index contributed by atoms with van der Waals surface area (Å²) in [5, 5.41) is 12.4. The third kappa shape index (κ3) is 4.96. The van der Waals surface area contributed by atoms with Gasteiger partial charge in [-0.05, 0) is 25.1 Å². The standard InChI is InChI=1S/C19H20F7N5O5S/c1-10-9-30(13-5-4-11(20)8-12(13)18(21,22)23)6-7-31(10)37(34,35)16-27-14(29(2)28-16)17(33,15(32)36-3)19(24,25)26/h4-5,8,10,33H,6-7,9H2,1-3H3/t10-,17?/m1/s1. The number of methoxy groups -OCH3 is 1. The topological polar surface area (TPSA) is 118 Å². The van der Waals surface area contributed by atoms with Gasteiger partial charge in [0.2, 0.25) is 0 Å². The number of halogens is 7. The number of nitrogens with zero attached hydrogens (tertiary/aromatic N) is 5. The lowest BCUT2D eigenvalue weighted by Gasteiger charge is -2.40. The number of carbonyl (C=O) groups excluding carboxylic acids is 1. The van der Waals surface area contributed by atoms with Crippen molar-refractivity contribution in [1.29, 1.82) is 0 Å². The summed E-state index contributed by atoms with van der Waals surface area (Å²) in [5.41, 5.74) is -5.98. The van der Waals surface area contributed by atoms with E-state index in [1.54, 1.807) is 0 Å². The van der Waals surface area contributed by atoms with Crippen LogP contribution in [0.4, 0.5) is 36.4 Å². The monoisotopic (exact) mass is 563 g/mol. The van der Waals surface area contributed by atoms with Gasteiger partial charge in [0.25, 0.3) is 15.2 Å². The van der Waals surface area contributed by atoms with Crippen LogP contribution in [0.25, 0.3) is 0 Å². The zero-order chi connectivity index (χ0) is 28.1. The summed E-state index contributed by atoms with van der Waals surface area (Å²) in [5.74, 6) is -4.77. The van der Waals surface area contributed by atoms with Crippen LogP contribution in [-0.4, -0.2) is 77.5 Å². The van der Waals surface area contributed by atoms with Crippen LogP contribution in [0.5, 0.6) is 0 Å². The maximum atomic E-state index is 13.6. The van der Waals surface area contributed by atoms with Gasteiger partial charge in [0.05, 0.1) is 12.7 Å². The predicted molar refractivity (Wildman–Crippen MR) is 110 cm³/mol. The number of carbonyl (C=O) groups is 1. The Morgan fingerprint density at radius 2 is 1.78 bits per heavy atom. The average molecular weight is 563 g/mol. The van der Waals surface area contributed by atoms with E-state index >= 15 is 0 Å². The van der Waals surface area contributed by atoms with Gasteiger partial charge >= 0.3 is 23.9 Å². The molecule has 0 radical (unpaired) electrons. The highest BCUT2D eigenvalue weighted by atomic mass is 32.2. The molecule has 3 rings (SSSR count). The fourth-order valence-electron chi connectivity index (χ4n) is 3.90. The molecule has 1 aliphatic heterocycles. The molecule has 206 valence electrons. The molecule has 0 aliphatic carbocycles. The third-order valence-corrected chi connectivity index (χ3v) is 7.46. The number of piperazine rings is 1. The zero-order valence-corrected chi connectivity index (χ0v) is 20.1. The molecule has 1 saturated heterocycles. The van der Waals surface area contributed by atoms with Gasteiger partial charge in [0.15, 0.2) is 5.82 Å². The lowest BCUT2D eigenvalue weighted by Crippen LogP contribution is -2.54. The first kappa shape index (κ1) is 28.6. The van der Waals surface area contributed by atoms with Crippen molar-refractivity contribution in [3.05, 3.63) is 35.4 Å². The molecular formula is C19H20F7N5O5S. The molecule has 2 aromatic rings. The van der Waals surface area contributed by atoms with Crippen LogP contribution in [0.15, 0.2) is 23.4 Å². The number of aryl methyl sites for hydroxylation is 1. The smallest absolute Gasteiger partial charge is 0.435 e. The summed E-state index contributed by atoms with van der Waals surface area (Å²) in [6.45, 7) is 0.284. The first-order valence-electron chi connectivity index (χ1n) is 10.3. The molecule has 1 aliphatic rings. The molecule has 1 fully saturated rings. The number of rotatable bonds is 5. The first-order valence-corrected chi connectivity index (χ1v) is 11.7. The van der Waals surface area contributed by atoms with Crippen LogP contribution in [0.1, 0.15) is 18.3 Å². The lowest BCUT2D eigenvalue weighted by atomic mass is 10.0. The van der Waals surface area contributed by atoms with Crippen molar-refractivity contribution >= 4 is 21.7 Å². The fourth-order valence-corrected chi connectivity index (χ4v) is 5.40. The normalized spacial score (nSPS) is 19.5. The highest BCUT2D eigenvalue weighted by Gasteiger charge is 2.65. The third-order valence-electron chi connectivity index (χ3n) is 5.67. The molecule has 1 aromatic heterocycles. The van der Waals surface area contributed by atoms with Crippen molar-refractivity contribution in [2.75, 3.05) is 31.6 Å². The van der Waals surface area contributed by atoms with Crippen LogP contribution < -0.4 is 4.90 Å². The minimum Gasteiger partial charge on any atom is -0.466 e. The summed E-state index contributed by atoms with van der Waals surface area (Å²) >= 11 is 0. The molecule has 37 heavy (non-hydrogen) atoms. The Labute approximate surface area is 205 Å². The summed E-state index contributed by atoms with van der Waals surface area (Å²) in [7, 11) is -3.37. The number of aromatic nitrogens is 3. The van der Waals surface area contributed by atoms with E-state index in [2.05, 4.69) is 14.8 Å². The Hall–Kier alpha value is -2.99. The minimum absolute atomic E-state index is 0.256. The number of esters is 1. The van der Waals surface area contributed by atoms with Gasteiger partial charge in [0.1, 0.15) is 5.82 Å². The number of hydrogen-bond acceptors (Lipinski definition) is 8. The van der Waals surface area contributed by atoms with Gasteiger partial charge in [-0.1, -0.05) is 0 Å². The molecule has 10 nitrogen and oxygen atoms in total. The number of sulfonamides is 1. The molecule has 0 bridgehead atoms. The van der Waals surface area contributed by atoms with E-state index < -0.39 is 68.9 Å². The minimum atomic E-state index is -5.66. The van der Waals surface area contributed by atoms with Gasteiger partial charge in [-0.25, -0.2) is 22.3 Å². The van der Waals surface area contributed by atoms with Crippen molar-refractivity contribution in [2.24, 2.45) is 7.05 Å². The van der Waals surface area contributed by atoms with Gasteiger partial charge in [-0.15, -0.1) is 5.10 Å². The van der Waals surface area contributed by atoms with Crippen LogP contribution in [0.2, 0.25) is 0 Å². The number of alkyl halides is 6. The largest absolute Gasteiger partial charge is 0.466 e.